The van der Waals surface area contributed by atoms with Crippen LogP contribution < -0.4 is 5.32 Å². The molecule has 2 rings (SSSR count). The Balaban J connectivity index is 1.92. The Labute approximate surface area is 105 Å². The van der Waals surface area contributed by atoms with Gasteiger partial charge in [-0.2, -0.15) is 0 Å². The molecule has 1 aliphatic heterocycles. The third-order valence-corrected chi connectivity index (χ3v) is 2.92. The van der Waals surface area contributed by atoms with Gasteiger partial charge in [0, 0.05) is 31.8 Å². The Morgan fingerprint density at radius 1 is 1.50 bits per heavy atom. The minimum absolute atomic E-state index is 0.181. The first-order valence-electron chi connectivity index (χ1n) is 5.90. The predicted molar refractivity (Wildman–Crippen MR) is 69.7 cm³/mol. The molecule has 1 N–H and O–H groups in total. The molecule has 0 radical (unpaired) electrons. The van der Waals surface area contributed by atoms with E-state index in [9.17, 15) is 10.1 Å². The lowest BCUT2D eigenvalue weighted by molar-refractivity contribution is -0.385. The minimum atomic E-state index is -0.339. The Hall–Kier alpha value is -2.11. The van der Waals surface area contributed by atoms with Gasteiger partial charge in [-0.05, 0) is 6.42 Å². The van der Waals surface area contributed by atoms with Gasteiger partial charge in [0.05, 0.1) is 11.5 Å². The van der Waals surface area contributed by atoms with E-state index < -0.39 is 0 Å². The Kier molecular flexibility index (Phi) is 3.76. The summed E-state index contributed by atoms with van der Waals surface area (Å²) in [7, 11) is 1.98. The summed E-state index contributed by atoms with van der Waals surface area (Å²) >= 11 is 0. The number of nitrogens with one attached hydrogen (secondary N) is 1. The summed E-state index contributed by atoms with van der Waals surface area (Å²) in [6.07, 6.45) is 0.615. The maximum Gasteiger partial charge on any atom is 0.272 e. The molecular formula is C12H16N4O2. The lowest BCUT2D eigenvalue weighted by atomic mass is 10.1. The van der Waals surface area contributed by atoms with E-state index in [0.29, 0.717) is 13.0 Å². The maximum atomic E-state index is 10.8. The second kappa shape index (κ2) is 5.48. The summed E-state index contributed by atoms with van der Waals surface area (Å²) in [5.74, 6) is 0.869. The standard InChI is InChI=1S/C12H16N4O2/c1-15-9-8-14-12(15)13-7-6-10-4-2-3-5-11(10)16(17)18/h2-5H,6-9H2,1H3,(H,13,14). The normalized spacial score (nSPS) is 14.5. The van der Waals surface area contributed by atoms with Gasteiger partial charge in [0.1, 0.15) is 0 Å². The van der Waals surface area contributed by atoms with Crippen LogP contribution in [-0.2, 0) is 6.42 Å². The van der Waals surface area contributed by atoms with E-state index in [0.717, 1.165) is 24.6 Å². The number of nitrogens with zero attached hydrogens (tertiary/aromatic N) is 3. The van der Waals surface area contributed by atoms with Crippen LogP contribution in [0.15, 0.2) is 29.3 Å². The predicted octanol–water partition coefficient (Wildman–Crippen LogP) is 1.03. The zero-order chi connectivity index (χ0) is 13.0. The molecule has 0 saturated carbocycles. The summed E-state index contributed by atoms with van der Waals surface area (Å²) in [5.41, 5.74) is 0.928. The van der Waals surface area contributed by atoms with Crippen LogP contribution >= 0.6 is 0 Å². The second-order valence-corrected chi connectivity index (χ2v) is 4.19. The molecule has 6 heteroatoms. The van der Waals surface area contributed by atoms with Crippen molar-refractivity contribution in [3.63, 3.8) is 0 Å². The number of hydrogen-bond acceptors (Lipinski definition) is 5. The number of nitro benzene ring substituents is 1. The van der Waals surface area contributed by atoms with Crippen LogP contribution in [0, 0.1) is 10.1 Å². The zero-order valence-corrected chi connectivity index (χ0v) is 10.3. The molecule has 18 heavy (non-hydrogen) atoms. The van der Waals surface area contributed by atoms with Crippen LogP contribution in [0.1, 0.15) is 5.56 Å². The fourth-order valence-electron chi connectivity index (χ4n) is 1.93. The van der Waals surface area contributed by atoms with Crippen molar-refractivity contribution in [2.24, 2.45) is 4.99 Å². The van der Waals surface area contributed by atoms with Gasteiger partial charge in [-0.15, -0.1) is 0 Å². The SMILES string of the molecule is CN1CCN=C1NCCc1ccccc1[N+](=O)[O-]. The molecule has 0 amide bonds. The molecule has 1 aromatic carbocycles. The number of guanidine groups is 1. The molecule has 0 bridgehead atoms. The summed E-state index contributed by atoms with van der Waals surface area (Å²) in [5, 5.41) is 14.0. The molecular weight excluding hydrogens is 232 g/mol. The fraction of sp³-hybridized carbons (Fsp3) is 0.417. The first kappa shape index (κ1) is 12.3. The number of hydrogen-bond donors (Lipinski definition) is 1. The van der Waals surface area contributed by atoms with Crippen LogP contribution in [0.25, 0.3) is 0 Å². The third kappa shape index (κ3) is 2.77. The number of aliphatic imine (C=N–C) groups is 1. The van der Waals surface area contributed by atoms with Crippen molar-refractivity contribution in [1.82, 2.24) is 10.2 Å². The van der Waals surface area contributed by atoms with E-state index in [1.807, 2.05) is 18.0 Å². The molecule has 0 fully saturated rings. The van der Waals surface area contributed by atoms with Crippen molar-refractivity contribution >= 4 is 11.6 Å². The van der Waals surface area contributed by atoms with E-state index in [2.05, 4.69) is 10.3 Å². The summed E-state index contributed by atoms with van der Waals surface area (Å²) < 4.78 is 0. The molecule has 0 aromatic heterocycles. The van der Waals surface area contributed by atoms with Crippen LogP contribution in [0.2, 0.25) is 0 Å². The summed E-state index contributed by atoms with van der Waals surface area (Å²) in [4.78, 5) is 16.9. The number of rotatable bonds is 4. The van der Waals surface area contributed by atoms with Crippen molar-refractivity contribution in [3.05, 3.63) is 39.9 Å². The quantitative estimate of drug-likeness (QED) is 0.638. The average Bonchev–Trinajstić information content (AvgIpc) is 2.76. The second-order valence-electron chi connectivity index (χ2n) is 4.19. The van der Waals surface area contributed by atoms with Crippen molar-refractivity contribution in [2.75, 3.05) is 26.7 Å². The molecule has 0 atom stereocenters. The van der Waals surface area contributed by atoms with Gasteiger partial charge >= 0.3 is 0 Å². The highest BCUT2D eigenvalue weighted by atomic mass is 16.6. The fourth-order valence-corrected chi connectivity index (χ4v) is 1.93. The summed E-state index contributed by atoms with van der Waals surface area (Å²) in [6, 6.07) is 6.83. The van der Waals surface area contributed by atoms with Gasteiger partial charge in [0.2, 0.25) is 0 Å². The van der Waals surface area contributed by atoms with Crippen LogP contribution in [0.5, 0.6) is 0 Å². The first-order valence-corrected chi connectivity index (χ1v) is 5.90. The van der Waals surface area contributed by atoms with E-state index in [1.54, 1.807) is 12.1 Å². The van der Waals surface area contributed by atoms with Gasteiger partial charge in [0.15, 0.2) is 5.96 Å². The molecule has 0 saturated heterocycles. The number of nitro groups is 1. The van der Waals surface area contributed by atoms with E-state index >= 15 is 0 Å². The van der Waals surface area contributed by atoms with E-state index in [-0.39, 0.29) is 10.6 Å². The lowest BCUT2D eigenvalue weighted by Crippen LogP contribution is -2.36. The monoisotopic (exact) mass is 248 g/mol. The molecule has 0 unspecified atom stereocenters. The van der Waals surface area contributed by atoms with Crippen molar-refractivity contribution in [2.45, 2.75) is 6.42 Å². The highest BCUT2D eigenvalue weighted by Gasteiger charge is 2.14. The smallest absolute Gasteiger partial charge is 0.272 e. The van der Waals surface area contributed by atoms with Crippen LogP contribution in [-0.4, -0.2) is 42.5 Å². The molecule has 0 spiro atoms. The highest BCUT2D eigenvalue weighted by Crippen LogP contribution is 2.17. The topological polar surface area (TPSA) is 70.8 Å². The van der Waals surface area contributed by atoms with Crippen molar-refractivity contribution in [1.29, 1.82) is 0 Å². The number of likely N-dealkylation sites (N-methyl/N-ethyl adjacent to an activating group) is 1. The highest BCUT2D eigenvalue weighted by molar-refractivity contribution is 5.81. The van der Waals surface area contributed by atoms with Gasteiger partial charge in [-0.3, -0.25) is 15.1 Å². The third-order valence-electron chi connectivity index (χ3n) is 2.92. The molecule has 1 aliphatic rings. The lowest BCUT2D eigenvalue weighted by Gasteiger charge is -2.15. The Morgan fingerprint density at radius 2 is 2.28 bits per heavy atom. The molecule has 1 heterocycles. The number of para-hydroxylation sites is 1. The number of benzene rings is 1. The summed E-state index contributed by atoms with van der Waals surface area (Å²) in [6.45, 7) is 2.38. The van der Waals surface area contributed by atoms with Gasteiger partial charge in [-0.25, -0.2) is 0 Å². The Morgan fingerprint density at radius 3 is 2.94 bits per heavy atom. The average molecular weight is 248 g/mol. The maximum absolute atomic E-state index is 10.8. The van der Waals surface area contributed by atoms with Crippen molar-refractivity contribution < 1.29 is 4.92 Å². The molecule has 0 aliphatic carbocycles. The van der Waals surface area contributed by atoms with Gasteiger partial charge in [-0.1, -0.05) is 18.2 Å². The minimum Gasteiger partial charge on any atom is -0.356 e. The van der Waals surface area contributed by atoms with E-state index in [1.165, 1.54) is 6.07 Å². The van der Waals surface area contributed by atoms with Crippen LogP contribution in [0.4, 0.5) is 5.69 Å². The largest absolute Gasteiger partial charge is 0.356 e. The van der Waals surface area contributed by atoms with Crippen LogP contribution in [0.3, 0.4) is 0 Å². The zero-order valence-electron chi connectivity index (χ0n) is 10.3. The molecule has 1 aromatic rings. The van der Waals surface area contributed by atoms with Gasteiger partial charge < -0.3 is 10.2 Å². The first-order chi connectivity index (χ1) is 8.68. The molecule has 96 valence electrons. The van der Waals surface area contributed by atoms with Gasteiger partial charge in [0.25, 0.3) is 5.69 Å². The Bertz CT molecular complexity index is 473. The molecule has 6 nitrogen and oxygen atoms in total. The van der Waals surface area contributed by atoms with Crippen molar-refractivity contribution in [3.8, 4) is 0 Å². The van der Waals surface area contributed by atoms with E-state index in [4.69, 9.17) is 0 Å².